The summed E-state index contributed by atoms with van der Waals surface area (Å²) in [7, 11) is -2.68. The first kappa shape index (κ1) is 19.4. The lowest BCUT2D eigenvalue weighted by atomic mass is 10.1. The molecule has 1 aliphatic carbocycles. The Kier molecular flexibility index (Phi) is 5.57. The average Bonchev–Trinajstić information content (AvgIpc) is 3.14. The van der Waals surface area contributed by atoms with E-state index in [4.69, 9.17) is 11.5 Å². The van der Waals surface area contributed by atoms with Gasteiger partial charge in [-0.2, -0.15) is 4.99 Å². The topological polar surface area (TPSA) is 118 Å². The van der Waals surface area contributed by atoms with Gasteiger partial charge in [0.15, 0.2) is 11.8 Å². The molecule has 1 aliphatic rings. The molecule has 0 spiro atoms. The number of fused-ring (bicyclic) bond motifs is 1. The van der Waals surface area contributed by atoms with Crippen LogP contribution >= 0.6 is 0 Å². The van der Waals surface area contributed by atoms with Gasteiger partial charge in [-0.15, -0.1) is 0 Å². The highest BCUT2D eigenvalue weighted by Crippen LogP contribution is 2.33. The Morgan fingerprint density at radius 3 is 2.70 bits per heavy atom. The molecule has 0 saturated heterocycles. The van der Waals surface area contributed by atoms with Crippen molar-refractivity contribution in [2.45, 2.75) is 37.5 Å². The molecule has 1 aromatic heterocycles. The SMILES string of the molecule is C=S(=O)(c1ccc2c(O)cnc(N=C(N)N)c2c1)N(CC)CC1CCCC1. The van der Waals surface area contributed by atoms with Crippen LogP contribution in [0.5, 0.6) is 5.75 Å². The van der Waals surface area contributed by atoms with Crippen molar-refractivity contribution in [1.82, 2.24) is 9.29 Å². The highest BCUT2D eigenvalue weighted by atomic mass is 32.2. The smallest absolute Gasteiger partial charge is 0.192 e. The monoisotopic (exact) mass is 389 g/mol. The molecule has 1 atom stereocenters. The van der Waals surface area contributed by atoms with Crippen molar-refractivity contribution in [1.29, 1.82) is 0 Å². The molecule has 0 radical (unpaired) electrons. The van der Waals surface area contributed by atoms with E-state index in [1.165, 1.54) is 31.9 Å². The van der Waals surface area contributed by atoms with Crippen molar-refractivity contribution in [3.63, 3.8) is 0 Å². The Balaban J connectivity index is 2.05. The fraction of sp³-hybridized carbons (Fsp3) is 0.421. The number of nitrogens with two attached hydrogens (primary N) is 2. The molecule has 7 nitrogen and oxygen atoms in total. The van der Waals surface area contributed by atoms with Crippen molar-refractivity contribution >= 4 is 38.1 Å². The summed E-state index contributed by atoms with van der Waals surface area (Å²) < 4.78 is 15.6. The molecule has 2 aromatic rings. The molecule has 0 bridgehead atoms. The maximum atomic E-state index is 13.6. The van der Waals surface area contributed by atoms with Crippen LogP contribution in [0.15, 0.2) is 34.3 Å². The number of pyridine rings is 1. The Morgan fingerprint density at radius 2 is 2.07 bits per heavy atom. The third-order valence-corrected chi connectivity index (χ3v) is 7.36. The minimum absolute atomic E-state index is 0.0138. The van der Waals surface area contributed by atoms with Gasteiger partial charge in [0.05, 0.1) is 15.9 Å². The molecule has 3 rings (SSSR count). The van der Waals surface area contributed by atoms with Crippen molar-refractivity contribution in [3.05, 3.63) is 24.4 Å². The Bertz CT molecular complexity index is 961. The van der Waals surface area contributed by atoms with Crippen LogP contribution < -0.4 is 11.5 Å². The van der Waals surface area contributed by atoms with Gasteiger partial charge >= 0.3 is 0 Å². The molecule has 1 unspecified atom stereocenters. The molecule has 1 heterocycles. The predicted octanol–water partition coefficient (Wildman–Crippen LogP) is 2.35. The molecule has 1 fully saturated rings. The third kappa shape index (κ3) is 4.01. The number of aromatic hydroxyl groups is 1. The molecule has 0 aliphatic heterocycles. The highest BCUT2D eigenvalue weighted by molar-refractivity contribution is 7.98. The molecule has 0 amide bonds. The Labute approximate surface area is 160 Å². The maximum Gasteiger partial charge on any atom is 0.192 e. The lowest BCUT2D eigenvalue weighted by Crippen LogP contribution is -2.34. The van der Waals surface area contributed by atoms with Gasteiger partial charge in [-0.25, -0.2) is 13.5 Å². The number of aliphatic imine (C=N–C) groups is 1. The van der Waals surface area contributed by atoms with Gasteiger partial charge in [0.2, 0.25) is 0 Å². The maximum absolute atomic E-state index is 13.6. The number of nitrogens with zero attached hydrogens (tertiary/aromatic N) is 3. The predicted molar refractivity (Wildman–Crippen MR) is 112 cm³/mol. The second-order valence-electron chi connectivity index (χ2n) is 6.98. The van der Waals surface area contributed by atoms with Crippen LogP contribution in [-0.4, -0.2) is 43.5 Å². The fourth-order valence-corrected chi connectivity index (χ4v) is 5.44. The van der Waals surface area contributed by atoms with Crippen molar-refractivity contribution in [2.75, 3.05) is 13.1 Å². The molecule has 27 heavy (non-hydrogen) atoms. The first-order valence-corrected chi connectivity index (χ1v) is 10.8. The normalized spacial score (nSPS) is 17.3. The molecule has 1 saturated carbocycles. The summed E-state index contributed by atoms with van der Waals surface area (Å²) in [5.74, 6) is 4.78. The van der Waals surface area contributed by atoms with Gasteiger partial charge < -0.3 is 16.6 Å². The largest absolute Gasteiger partial charge is 0.506 e. The summed E-state index contributed by atoms with van der Waals surface area (Å²) in [6.07, 6.45) is 6.13. The second kappa shape index (κ2) is 7.74. The third-order valence-electron chi connectivity index (χ3n) is 5.13. The first-order chi connectivity index (χ1) is 12.8. The van der Waals surface area contributed by atoms with Crippen LogP contribution in [-0.2, 0) is 9.71 Å². The van der Waals surface area contributed by atoms with Gasteiger partial charge in [-0.3, -0.25) is 0 Å². The van der Waals surface area contributed by atoms with Gasteiger partial charge in [0.1, 0.15) is 5.75 Å². The van der Waals surface area contributed by atoms with E-state index in [9.17, 15) is 9.32 Å². The van der Waals surface area contributed by atoms with E-state index in [0.717, 1.165) is 6.54 Å². The lowest BCUT2D eigenvalue weighted by Gasteiger charge is -2.28. The highest BCUT2D eigenvalue weighted by Gasteiger charge is 2.24. The van der Waals surface area contributed by atoms with Crippen LogP contribution in [0.2, 0.25) is 0 Å². The zero-order chi connectivity index (χ0) is 19.6. The van der Waals surface area contributed by atoms with Crippen LogP contribution in [0.1, 0.15) is 32.6 Å². The van der Waals surface area contributed by atoms with Crippen LogP contribution in [0.3, 0.4) is 0 Å². The quantitative estimate of drug-likeness (QED) is 0.398. The minimum atomic E-state index is -2.68. The Hall–Kier alpha value is -2.32. The van der Waals surface area contributed by atoms with Gasteiger partial charge in [-0.1, -0.05) is 19.8 Å². The molecule has 5 N–H and O–H groups in total. The van der Waals surface area contributed by atoms with Gasteiger partial charge in [0, 0.05) is 28.8 Å². The molecule has 1 aromatic carbocycles. The summed E-state index contributed by atoms with van der Waals surface area (Å²) >= 11 is 0. The number of hydrogen-bond donors (Lipinski definition) is 3. The van der Waals surface area contributed by atoms with Gasteiger partial charge in [-0.05, 0) is 42.8 Å². The van der Waals surface area contributed by atoms with E-state index in [0.29, 0.717) is 28.1 Å². The lowest BCUT2D eigenvalue weighted by molar-refractivity contribution is 0.373. The summed E-state index contributed by atoms with van der Waals surface area (Å²) in [6, 6.07) is 5.17. The van der Waals surface area contributed by atoms with Crippen LogP contribution in [0.4, 0.5) is 5.82 Å². The summed E-state index contributed by atoms with van der Waals surface area (Å²) in [5, 5.41) is 11.2. The Morgan fingerprint density at radius 1 is 1.37 bits per heavy atom. The van der Waals surface area contributed by atoms with Crippen molar-refractivity contribution in [3.8, 4) is 5.75 Å². The number of benzene rings is 1. The standard InChI is InChI=1S/C19H27N5O2S/c1-3-24(12-13-6-4-5-7-13)27(2,26)14-8-9-15-16(10-14)18(23-19(20)21)22-11-17(15)25/h8-11,13,25H,2-7,12H2,1H3,(H4,20,21,22,23). The van der Waals surface area contributed by atoms with Crippen molar-refractivity contribution < 1.29 is 9.32 Å². The molecule has 146 valence electrons. The number of hydrogen-bond acceptors (Lipinski definition) is 4. The summed E-state index contributed by atoms with van der Waals surface area (Å²) in [6.45, 7) is 3.42. The van der Waals surface area contributed by atoms with E-state index in [-0.39, 0.29) is 17.5 Å². The molecular weight excluding hydrogens is 362 g/mol. The number of aromatic nitrogens is 1. The number of guanidine groups is 1. The summed E-state index contributed by atoms with van der Waals surface area (Å²) in [5.41, 5.74) is 11.0. The zero-order valence-corrected chi connectivity index (χ0v) is 16.4. The van der Waals surface area contributed by atoms with Crippen LogP contribution in [0, 0.1) is 5.92 Å². The first-order valence-electron chi connectivity index (χ1n) is 9.16. The minimum Gasteiger partial charge on any atom is -0.506 e. The van der Waals surface area contributed by atoms with Gasteiger partial charge in [0.25, 0.3) is 0 Å². The zero-order valence-electron chi connectivity index (χ0n) is 15.6. The summed E-state index contributed by atoms with van der Waals surface area (Å²) in [4.78, 5) is 8.69. The van der Waals surface area contributed by atoms with E-state index in [1.807, 2.05) is 11.2 Å². The van der Waals surface area contributed by atoms with E-state index < -0.39 is 9.71 Å². The average molecular weight is 390 g/mol. The van der Waals surface area contributed by atoms with E-state index >= 15 is 0 Å². The molecule has 8 heteroatoms. The van der Waals surface area contributed by atoms with E-state index in [1.54, 1.807) is 18.2 Å². The second-order valence-corrected chi connectivity index (χ2v) is 9.25. The molecular formula is C19H27N5O2S. The fourth-order valence-electron chi connectivity index (χ4n) is 3.69. The van der Waals surface area contributed by atoms with Crippen LogP contribution in [0.25, 0.3) is 10.8 Å². The number of rotatable bonds is 6. The van der Waals surface area contributed by atoms with E-state index in [2.05, 4.69) is 15.8 Å². The van der Waals surface area contributed by atoms with Crippen molar-refractivity contribution in [2.24, 2.45) is 22.4 Å².